The lowest BCUT2D eigenvalue weighted by molar-refractivity contribution is 0.303. The van der Waals surface area contributed by atoms with Crippen LogP contribution >= 0.6 is 0 Å². The smallest absolute Gasteiger partial charge is 0.124 e. The average molecular weight is 311 g/mol. The van der Waals surface area contributed by atoms with Crippen molar-refractivity contribution in [3.05, 3.63) is 59.7 Å². The van der Waals surface area contributed by atoms with Crippen molar-refractivity contribution in [2.24, 2.45) is 0 Å². The van der Waals surface area contributed by atoms with E-state index < -0.39 is 0 Å². The van der Waals surface area contributed by atoms with Gasteiger partial charge in [-0.3, -0.25) is 0 Å². The Morgan fingerprint density at radius 2 is 1.70 bits per heavy atom. The van der Waals surface area contributed by atoms with Crippen LogP contribution in [0.5, 0.6) is 5.75 Å². The first-order chi connectivity index (χ1) is 11.2. The van der Waals surface area contributed by atoms with Crippen molar-refractivity contribution in [2.75, 3.05) is 11.9 Å². The van der Waals surface area contributed by atoms with E-state index in [4.69, 9.17) is 4.74 Å². The van der Waals surface area contributed by atoms with E-state index >= 15 is 0 Å². The zero-order chi connectivity index (χ0) is 16.5. The van der Waals surface area contributed by atoms with Gasteiger partial charge in [0.15, 0.2) is 0 Å². The summed E-state index contributed by atoms with van der Waals surface area (Å²) >= 11 is 0. The number of anilines is 1. The van der Waals surface area contributed by atoms with Crippen LogP contribution in [0.15, 0.2) is 48.5 Å². The van der Waals surface area contributed by atoms with Gasteiger partial charge in [0.2, 0.25) is 0 Å². The van der Waals surface area contributed by atoms with Gasteiger partial charge in [0, 0.05) is 17.8 Å². The van der Waals surface area contributed by atoms with E-state index in [0.717, 1.165) is 25.3 Å². The van der Waals surface area contributed by atoms with Crippen LogP contribution in [0.1, 0.15) is 57.1 Å². The lowest BCUT2D eigenvalue weighted by Gasteiger charge is -2.16. The minimum Gasteiger partial charge on any atom is -0.493 e. The molecule has 0 unspecified atom stereocenters. The topological polar surface area (TPSA) is 21.3 Å². The van der Waals surface area contributed by atoms with Crippen molar-refractivity contribution >= 4 is 5.69 Å². The predicted octanol–water partition coefficient (Wildman–Crippen LogP) is 5.99. The summed E-state index contributed by atoms with van der Waals surface area (Å²) in [5.74, 6) is 1.51. The van der Waals surface area contributed by atoms with E-state index in [1.165, 1.54) is 29.7 Å². The second-order valence-corrected chi connectivity index (χ2v) is 6.26. The van der Waals surface area contributed by atoms with E-state index in [0.29, 0.717) is 5.92 Å². The molecule has 23 heavy (non-hydrogen) atoms. The van der Waals surface area contributed by atoms with Gasteiger partial charge in [-0.05, 0) is 30.0 Å². The molecular formula is C21H29NO. The van der Waals surface area contributed by atoms with Crippen molar-refractivity contribution in [3.8, 4) is 5.75 Å². The van der Waals surface area contributed by atoms with Crippen LogP contribution < -0.4 is 10.1 Å². The molecule has 0 radical (unpaired) electrons. The molecule has 2 rings (SSSR count). The van der Waals surface area contributed by atoms with Gasteiger partial charge in [0.05, 0.1) is 6.61 Å². The molecule has 124 valence electrons. The lowest BCUT2D eigenvalue weighted by Crippen LogP contribution is -2.06. The Labute approximate surface area is 140 Å². The van der Waals surface area contributed by atoms with E-state index in [-0.39, 0.29) is 0 Å². The Kier molecular flexibility index (Phi) is 6.99. The maximum Gasteiger partial charge on any atom is 0.124 e. The normalized spacial score (nSPS) is 10.8. The van der Waals surface area contributed by atoms with Crippen LogP contribution in [0.2, 0.25) is 0 Å². The van der Waals surface area contributed by atoms with Gasteiger partial charge in [-0.2, -0.15) is 0 Å². The van der Waals surface area contributed by atoms with Crippen molar-refractivity contribution in [1.29, 1.82) is 0 Å². The Hall–Kier alpha value is -1.96. The molecule has 2 nitrogen and oxygen atoms in total. The molecule has 1 N–H and O–H groups in total. The van der Waals surface area contributed by atoms with Gasteiger partial charge in [0.1, 0.15) is 5.75 Å². The summed E-state index contributed by atoms with van der Waals surface area (Å²) in [6, 6.07) is 16.9. The van der Waals surface area contributed by atoms with Crippen molar-refractivity contribution < 1.29 is 4.74 Å². The third-order valence-electron chi connectivity index (χ3n) is 4.03. The van der Waals surface area contributed by atoms with Crippen LogP contribution in [-0.2, 0) is 6.54 Å². The standard InChI is InChI=1S/C21H29NO/c1-4-5-10-15-23-21-14-9-6-11-18(21)16-22-20-13-8-7-12-19(20)17(2)3/h6-9,11-14,17,22H,4-5,10,15-16H2,1-3H3. The molecule has 0 amide bonds. The first-order valence-electron chi connectivity index (χ1n) is 8.76. The highest BCUT2D eigenvalue weighted by molar-refractivity contribution is 5.53. The molecule has 0 bridgehead atoms. The third kappa shape index (κ3) is 5.31. The van der Waals surface area contributed by atoms with Crippen LogP contribution in [-0.4, -0.2) is 6.61 Å². The number of ether oxygens (including phenoxy) is 1. The summed E-state index contributed by atoms with van der Waals surface area (Å²) in [7, 11) is 0. The zero-order valence-electron chi connectivity index (χ0n) is 14.6. The van der Waals surface area contributed by atoms with Gasteiger partial charge < -0.3 is 10.1 Å². The molecule has 2 heteroatoms. The summed E-state index contributed by atoms with van der Waals surface area (Å²) in [6.07, 6.45) is 3.56. The van der Waals surface area contributed by atoms with Gasteiger partial charge in [-0.1, -0.05) is 70.0 Å². The van der Waals surface area contributed by atoms with Crippen molar-refractivity contribution in [2.45, 2.75) is 52.5 Å². The van der Waals surface area contributed by atoms with Crippen LogP contribution in [0, 0.1) is 0 Å². The number of para-hydroxylation sites is 2. The number of unbranched alkanes of at least 4 members (excludes halogenated alkanes) is 2. The number of hydrogen-bond donors (Lipinski definition) is 1. The second kappa shape index (κ2) is 9.24. The van der Waals surface area contributed by atoms with Crippen LogP contribution in [0.4, 0.5) is 5.69 Å². The summed E-state index contributed by atoms with van der Waals surface area (Å²) in [5.41, 5.74) is 3.78. The highest BCUT2D eigenvalue weighted by atomic mass is 16.5. The maximum atomic E-state index is 5.97. The molecule has 0 aliphatic heterocycles. The fourth-order valence-electron chi connectivity index (χ4n) is 2.68. The molecular weight excluding hydrogens is 282 g/mol. The molecule has 0 saturated carbocycles. The fourth-order valence-corrected chi connectivity index (χ4v) is 2.68. The van der Waals surface area contributed by atoms with Crippen molar-refractivity contribution in [3.63, 3.8) is 0 Å². The molecule has 2 aromatic rings. The number of nitrogens with one attached hydrogen (secondary N) is 1. The molecule has 0 atom stereocenters. The summed E-state index contributed by atoms with van der Waals surface area (Å²) < 4.78 is 5.97. The van der Waals surface area contributed by atoms with E-state index in [2.05, 4.69) is 68.6 Å². The van der Waals surface area contributed by atoms with Crippen LogP contribution in [0.3, 0.4) is 0 Å². The molecule has 0 saturated heterocycles. The fraction of sp³-hybridized carbons (Fsp3) is 0.429. The van der Waals surface area contributed by atoms with Crippen molar-refractivity contribution in [1.82, 2.24) is 0 Å². The predicted molar refractivity (Wildman–Crippen MR) is 99.3 cm³/mol. The molecule has 2 aromatic carbocycles. The van der Waals surface area contributed by atoms with Gasteiger partial charge in [-0.15, -0.1) is 0 Å². The molecule has 0 aromatic heterocycles. The lowest BCUT2D eigenvalue weighted by atomic mass is 10.0. The quantitative estimate of drug-likeness (QED) is 0.574. The third-order valence-corrected chi connectivity index (χ3v) is 4.03. The minimum absolute atomic E-state index is 0.513. The Morgan fingerprint density at radius 1 is 0.957 bits per heavy atom. The molecule has 0 spiro atoms. The molecule has 0 heterocycles. The highest BCUT2D eigenvalue weighted by Gasteiger charge is 2.07. The first kappa shape index (κ1) is 17.4. The van der Waals surface area contributed by atoms with E-state index in [1.54, 1.807) is 0 Å². The average Bonchev–Trinajstić information content (AvgIpc) is 2.58. The Morgan fingerprint density at radius 3 is 2.48 bits per heavy atom. The summed E-state index contributed by atoms with van der Waals surface area (Å²) in [5, 5.41) is 3.57. The number of rotatable bonds is 9. The maximum absolute atomic E-state index is 5.97. The van der Waals surface area contributed by atoms with Gasteiger partial charge in [0.25, 0.3) is 0 Å². The zero-order valence-corrected chi connectivity index (χ0v) is 14.6. The van der Waals surface area contributed by atoms with Crippen LogP contribution in [0.25, 0.3) is 0 Å². The number of benzene rings is 2. The summed E-state index contributed by atoms with van der Waals surface area (Å²) in [4.78, 5) is 0. The molecule has 0 aliphatic carbocycles. The largest absolute Gasteiger partial charge is 0.493 e. The molecule has 0 fully saturated rings. The second-order valence-electron chi connectivity index (χ2n) is 6.26. The summed E-state index contributed by atoms with van der Waals surface area (Å²) in [6.45, 7) is 8.25. The van der Waals surface area contributed by atoms with Gasteiger partial charge >= 0.3 is 0 Å². The monoisotopic (exact) mass is 311 g/mol. The van der Waals surface area contributed by atoms with E-state index in [1.807, 2.05) is 6.07 Å². The van der Waals surface area contributed by atoms with Gasteiger partial charge in [-0.25, -0.2) is 0 Å². The number of hydrogen-bond acceptors (Lipinski definition) is 2. The SMILES string of the molecule is CCCCCOc1ccccc1CNc1ccccc1C(C)C. The Bertz CT molecular complexity index is 592. The van der Waals surface area contributed by atoms with E-state index in [9.17, 15) is 0 Å². The minimum atomic E-state index is 0.513. The first-order valence-corrected chi connectivity index (χ1v) is 8.76. The highest BCUT2D eigenvalue weighted by Crippen LogP contribution is 2.25. The molecule has 0 aliphatic rings. The Balaban J connectivity index is 2.01.